The van der Waals surface area contributed by atoms with Crippen molar-refractivity contribution in [1.29, 1.82) is 0 Å². The Balaban J connectivity index is 1.72. The molecule has 2 heterocycles. The van der Waals surface area contributed by atoms with Crippen molar-refractivity contribution in [2.75, 3.05) is 32.6 Å². The number of halogens is 2. The lowest BCUT2D eigenvalue weighted by Gasteiger charge is -2.21. The summed E-state index contributed by atoms with van der Waals surface area (Å²) >= 11 is 0. The van der Waals surface area contributed by atoms with E-state index in [0.29, 0.717) is 4.57 Å². The number of benzene rings is 1. The van der Waals surface area contributed by atoms with Gasteiger partial charge in [0.15, 0.2) is 17.9 Å². The second kappa shape index (κ2) is 12.5. The molecule has 1 saturated heterocycles. The number of alkyl halides is 2. The Labute approximate surface area is 221 Å². The first-order valence-corrected chi connectivity index (χ1v) is 12.5. The Hall–Kier alpha value is -3.56. The second-order valence-electron chi connectivity index (χ2n) is 8.65. The van der Waals surface area contributed by atoms with Gasteiger partial charge in [0, 0.05) is 6.20 Å². The third-order valence-electron chi connectivity index (χ3n) is 5.24. The fourth-order valence-corrected chi connectivity index (χ4v) is 4.10. The van der Waals surface area contributed by atoms with E-state index in [1.165, 1.54) is 31.2 Å². The monoisotopic (exact) mass is 573 g/mol. The Morgan fingerprint density at radius 1 is 1.33 bits per heavy atom. The molecule has 1 aliphatic rings. The zero-order valence-electron chi connectivity index (χ0n) is 20.9. The van der Waals surface area contributed by atoms with Gasteiger partial charge in [-0.15, -0.1) is 0 Å². The molecule has 1 aromatic heterocycles. The van der Waals surface area contributed by atoms with Crippen LogP contribution in [0.3, 0.4) is 0 Å². The molecule has 17 heteroatoms. The smallest absolute Gasteiger partial charge is 0.395 e. The van der Waals surface area contributed by atoms with E-state index >= 15 is 0 Å². The van der Waals surface area contributed by atoms with Crippen LogP contribution in [0.2, 0.25) is 0 Å². The van der Waals surface area contributed by atoms with E-state index in [1.54, 1.807) is 19.0 Å². The molecule has 0 spiro atoms. The highest BCUT2D eigenvalue weighted by molar-refractivity contribution is 7.34. The van der Waals surface area contributed by atoms with Crippen molar-refractivity contribution in [2.45, 2.75) is 37.3 Å². The van der Waals surface area contributed by atoms with E-state index in [2.05, 4.69) is 15.0 Å². The summed E-state index contributed by atoms with van der Waals surface area (Å²) in [5, 5.41) is 21.5. The number of likely N-dealkylation sites (N-methyl/N-ethyl adjacent to an activating group) is 1. The number of aliphatic hydroxyl groups is 1. The van der Waals surface area contributed by atoms with Gasteiger partial charge in [0.1, 0.15) is 18.5 Å². The highest BCUT2D eigenvalue weighted by Crippen LogP contribution is 2.43. The third-order valence-corrected chi connectivity index (χ3v) is 6.13. The number of nitrogens with one attached hydrogen (secondary N) is 1. The summed E-state index contributed by atoms with van der Waals surface area (Å²) in [7, 11) is 0.504. The largest absolute Gasteiger partial charge is 0.575 e. The van der Waals surface area contributed by atoms with E-state index < -0.39 is 62.7 Å². The van der Waals surface area contributed by atoms with E-state index in [9.17, 15) is 33.2 Å². The minimum atomic E-state index is -3.93. The van der Waals surface area contributed by atoms with E-state index in [-0.39, 0.29) is 23.9 Å². The molecule has 0 radical (unpaired) electrons. The Bertz CT molecular complexity index is 1290. The summed E-state index contributed by atoms with van der Waals surface area (Å²) in [6, 6.07) is 5.51. The molecule has 14 nitrogen and oxygen atoms in total. The van der Waals surface area contributed by atoms with Crippen LogP contribution in [0.5, 0.6) is 11.5 Å². The molecule has 1 aliphatic heterocycles. The van der Waals surface area contributed by atoms with Crippen LogP contribution < -0.4 is 25.2 Å². The van der Waals surface area contributed by atoms with Crippen molar-refractivity contribution in [2.24, 2.45) is 4.74 Å². The first-order chi connectivity index (χ1) is 18.3. The molecule has 212 valence electrons. The molecule has 0 saturated carbocycles. The Morgan fingerprint density at radius 2 is 2.00 bits per heavy atom. The van der Waals surface area contributed by atoms with Gasteiger partial charge in [-0.05, 0) is 39.2 Å². The maximum Gasteiger partial charge on any atom is 0.395 e. The summed E-state index contributed by atoms with van der Waals surface area (Å²) in [6.07, 6.45) is -5.28. The van der Waals surface area contributed by atoms with Crippen LogP contribution in [-0.4, -0.2) is 88.0 Å². The van der Waals surface area contributed by atoms with Crippen molar-refractivity contribution < 1.29 is 47.5 Å². The summed E-state index contributed by atoms with van der Waals surface area (Å²) in [4.78, 5) is 52.4. The number of carboxylic acids is 1. The SMILES string of the molecule is CC(N=[P+]([O-])Oc1ccccc1OC[C@H]1O[C@@H](n2ccc(NC(=O)CN(C)C)nc2=O)C(F)(F)[C@@H]1O)C(=O)O. The number of carbonyl (C=O) groups is 2. The number of carboxylic acid groups (broad SMARTS) is 1. The van der Waals surface area contributed by atoms with Gasteiger partial charge in [0.05, 0.1) is 6.54 Å². The van der Waals surface area contributed by atoms with E-state index in [0.717, 1.165) is 12.3 Å². The molecule has 0 bridgehead atoms. The predicted molar refractivity (Wildman–Crippen MR) is 130 cm³/mol. The molecule has 1 aromatic carbocycles. The standard InChI is InChI=1S/C22H26F2N5O9P/c1-12(19(32)33)27-39(35)38-14-7-5-4-6-13(14)36-11-15-18(31)22(23,24)20(37-15)29-9-8-16(26-21(29)34)25-17(30)10-28(2)3/h4-9,12,15,18,20,31H,10-11H2,1-3H3,(H,32,33)(H,25,26,30,34)/t12?,15-,18-,20-/m1/s1. The van der Waals surface area contributed by atoms with Gasteiger partial charge in [0.2, 0.25) is 17.9 Å². The summed E-state index contributed by atoms with van der Waals surface area (Å²) in [5.41, 5.74) is -1.15. The number of rotatable bonds is 11. The molecular formula is C22H26F2N5O9P. The van der Waals surface area contributed by atoms with Crippen LogP contribution in [0.25, 0.3) is 0 Å². The number of aromatic nitrogens is 2. The molecule has 2 unspecified atom stereocenters. The minimum Gasteiger partial charge on any atom is -0.575 e. The highest BCUT2D eigenvalue weighted by Gasteiger charge is 2.60. The maximum atomic E-state index is 14.9. The van der Waals surface area contributed by atoms with Crippen LogP contribution in [0.15, 0.2) is 46.1 Å². The number of aliphatic hydroxyl groups excluding tert-OH is 1. The molecule has 3 rings (SSSR count). The number of ether oxygens (including phenoxy) is 2. The Kier molecular flexibility index (Phi) is 9.63. The topological polar surface area (TPSA) is 188 Å². The van der Waals surface area contributed by atoms with Crippen molar-refractivity contribution >= 4 is 25.9 Å². The number of anilines is 1. The first-order valence-electron chi connectivity index (χ1n) is 11.3. The second-order valence-corrected chi connectivity index (χ2v) is 9.54. The normalized spacial score (nSPS) is 21.4. The molecular weight excluding hydrogens is 547 g/mol. The molecule has 1 amide bonds. The molecule has 3 N–H and O–H groups in total. The quantitative estimate of drug-likeness (QED) is 0.316. The maximum absolute atomic E-state index is 14.9. The average molecular weight is 573 g/mol. The summed E-state index contributed by atoms with van der Waals surface area (Å²) in [5.74, 6) is -6.06. The predicted octanol–water partition coefficient (Wildman–Crippen LogP) is 0.424. The number of hydrogen-bond donors (Lipinski definition) is 3. The van der Waals surface area contributed by atoms with Gasteiger partial charge in [-0.1, -0.05) is 16.9 Å². The first kappa shape index (κ1) is 30.0. The number of amides is 1. The van der Waals surface area contributed by atoms with Crippen molar-refractivity contribution in [1.82, 2.24) is 14.5 Å². The fourth-order valence-electron chi connectivity index (χ4n) is 3.35. The van der Waals surface area contributed by atoms with Gasteiger partial charge in [-0.2, -0.15) is 13.8 Å². The molecule has 0 aliphatic carbocycles. The molecule has 5 atom stereocenters. The zero-order chi connectivity index (χ0) is 28.9. The fraction of sp³-hybridized carbons (Fsp3) is 0.455. The molecule has 2 aromatic rings. The number of aliphatic carboxylic acids is 1. The summed E-state index contributed by atoms with van der Waals surface area (Å²) < 4.78 is 49.7. The van der Waals surface area contributed by atoms with Crippen LogP contribution in [0.1, 0.15) is 13.2 Å². The van der Waals surface area contributed by atoms with Crippen molar-refractivity contribution in [3.05, 3.63) is 47.0 Å². The van der Waals surface area contributed by atoms with Crippen LogP contribution >= 0.6 is 8.17 Å². The number of para-hydroxylation sites is 2. The van der Waals surface area contributed by atoms with Crippen molar-refractivity contribution in [3.8, 4) is 11.5 Å². The van der Waals surface area contributed by atoms with Gasteiger partial charge >= 0.3 is 25.7 Å². The van der Waals surface area contributed by atoms with Gasteiger partial charge in [-0.25, -0.2) is 9.59 Å². The number of carbonyl (C=O) groups excluding carboxylic acids is 1. The lowest BCUT2D eigenvalue weighted by molar-refractivity contribution is -0.169. The highest BCUT2D eigenvalue weighted by atomic mass is 31.1. The van der Waals surface area contributed by atoms with Gasteiger partial charge in [-0.3, -0.25) is 13.9 Å². The van der Waals surface area contributed by atoms with Gasteiger partial charge < -0.3 is 34.8 Å². The Morgan fingerprint density at radius 3 is 2.62 bits per heavy atom. The lowest BCUT2D eigenvalue weighted by Crippen LogP contribution is -2.42. The van der Waals surface area contributed by atoms with E-state index in [1.807, 2.05) is 0 Å². The molecule has 39 heavy (non-hydrogen) atoms. The summed E-state index contributed by atoms with van der Waals surface area (Å²) in [6.45, 7) is 0.573. The van der Waals surface area contributed by atoms with Crippen molar-refractivity contribution in [3.63, 3.8) is 0 Å². The number of nitrogens with zero attached hydrogens (tertiary/aromatic N) is 4. The lowest BCUT2D eigenvalue weighted by atomic mass is 10.1. The number of hydrogen-bond acceptors (Lipinski definition) is 11. The van der Waals surface area contributed by atoms with Crippen LogP contribution in [0, 0.1) is 0 Å². The van der Waals surface area contributed by atoms with Crippen LogP contribution in [0.4, 0.5) is 14.6 Å². The average Bonchev–Trinajstić information content (AvgIpc) is 3.06. The minimum absolute atomic E-state index is 0.00331. The van der Waals surface area contributed by atoms with Gasteiger partial charge in [0.25, 0.3) is 0 Å². The van der Waals surface area contributed by atoms with Crippen LogP contribution in [-0.2, 0) is 14.3 Å². The third kappa shape index (κ3) is 7.52. The molecule has 1 fully saturated rings. The zero-order valence-corrected chi connectivity index (χ0v) is 21.8. The van der Waals surface area contributed by atoms with E-state index in [4.69, 9.17) is 19.1 Å².